The van der Waals surface area contributed by atoms with E-state index in [9.17, 15) is 14.3 Å². The van der Waals surface area contributed by atoms with Crippen LogP contribution < -0.4 is 20.4 Å². The van der Waals surface area contributed by atoms with Crippen molar-refractivity contribution in [2.24, 2.45) is 11.1 Å². The number of phenols is 1. The third-order valence-electron chi connectivity index (χ3n) is 9.40. The number of carbonyl (C=O) groups is 1. The predicted molar refractivity (Wildman–Crippen MR) is 148 cm³/mol. The number of amides is 1. The first-order valence-electron chi connectivity index (χ1n) is 13.8. The monoisotopic (exact) mass is 540 g/mol. The smallest absolute Gasteiger partial charge is 0.227 e. The number of nitrogens with two attached hydrogens (primary N) is 1. The van der Waals surface area contributed by atoms with Gasteiger partial charge in [0.05, 0.1) is 17.6 Å². The number of phenolic OH excluding ortho intramolecular Hbond substituents is 1. The summed E-state index contributed by atoms with van der Waals surface area (Å²) in [5.74, 6) is 1.36. The molecule has 4 N–H and O–H groups in total. The van der Waals surface area contributed by atoms with Crippen molar-refractivity contribution in [1.29, 1.82) is 0 Å². The van der Waals surface area contributed by atoms with Crippen molar-refractivity contribution in [3.63, 3.8) is 0 Å². The van der Waals surface area contributed by atoms with Gasteiger partial charge in [-0.1, -0.05) is 6.07 Å². The molecule has 5 heterocycles. The van der Waals surface area contributed by atoms with Crippen LogP contribution in [-0.2, 0) is 17.6 Å². The molecule has 1 saturated heterocycles. The Labute approximate surface area is 229 Å². The average Bonchev–Trinajstić information content (AvgIpc) is 3.49. The first-order valence-corrected chi connectivity index (χ1v) is 13.8. The molecule has 8 rings (SSSR count). The molecule has 4 aliphatic rings. The van der Waals surface area contributed by atoms with Crippen LogP contribution in [0.1, 0.15) is 42.0 Å². The number of rotatable bonds is 2. The topological polar surface area (TPSA) is 128 Å². The molecule has 4 aromatic rings. The lowest BCUT2D eigenvalue weighted by atomic mass is 9.73. The summed E-state index contributed by atoms with van der Waals surface area (Å²) in [6.45, 7) is 2.60. The van der Waals surface area contributed by atoms with Gasteiger partial charge >= 0.3 is 0 Å². The maximum atomic E-state index is 14.6. The summed E-state index contributed by atoms with van der Waals surface area (Å²) >= 11 is 0. The zero-order valence-electron chi connectivity index (χ0n) is 21.9. The molecule has 3 aliphatic heterocycles. The molecule has 1 atom stereocenters. The van der Waals surface area contributed by atoms with Gasteiger partial charge in [0.2, 0.25) is 5.91 Å². The van der Waals surface area contributed by atoms with Crippen LogP contribution in [-0.4, -0.2) is 57.4 Å². The number of H-pyrrole nitrogens is 1. The lowest BCUT2D eigenvalue weighted by Gasteiger charge is -2.42. The number of aromatic nitrogens is 4. The molecule has 1 amide bonds. The number of benzene rings is 2. The number of anilines is 4. The van der Waals surface area contributed by atoms with E-state index in [1.54, 1.807) is 17.2 Å². The molecular formula is C29H29FN8O2. The van der Waals surface area contributed by atoms with Crippen molar-refractivity contribution in [3.05, 3.63) is 59.0 Å². The number of nitrogens with one attached hydrogen (secondary N) is 1. The Hall–Kier alpha value is -4.25. The number of hydrogen-bond donors (Lipinski definition) is 3. The minimum Gasteiger partial charge on any atom is -0.508 e. The van der Waals surface area contributed by atoms with Gasteiger partial charge in [0.25, 0.3) is 0 Å². The molecule has 2 aromatic carbocycles. The van der Waals surface area contributed by atoms with E-state index in [0.717, 1.165) is 55.0 Å². The number of halogens is 1. The number of aromatic hydroxyl groups is 1. The lowest BCUT2D eigenvalue weighted by molar-refractivity contribution is -0.118. The van der Waals surface area contributed by atoms with Gasteiger partial charge in [0.15, 0.2) is 17.0 Å². The Morgan fingerprint density at radius 1 is 1.05 bits per heavy atom. The maximum Gasteiger partial charge on any atom is 0.227 e. The molecule has 204 valence electrons. The van der Waals surface area contributed by atoms with E-state index in [0.29, 0.717) is 48.6 Å². The van der Waals surface area contributed by atoms with E-state index < -0.39 is 0 Å². The quantitative estimate of drug-likeness (QED) is 0.353. The normalized spacial score (nSPS) is 21.3. The van der Waals surface area contributed by atoms with Crippen molar-refractivity contribution >= 4 is 40.1 Å². The van der Waals surface area contributed by atoms with Crippen LogP contribution in [0.15, 0.2) is 36.5 Å². The van der Waals surface area contributed by atoms with Crippen molar-refractivity contribution < 1.29 is 14.3 Å². The molecule has 11 heteroatoms. The number of nitrogens with zero attached hydrogens (tertiary/aromatic N) is 6. The fourth-order valence-electron chi connectivity index (χ4n) is 7.27. The number of piperidine rings is 1. The second-order valence-electron chi connectivity index (χ2n) is 11.5. The number of carbonyl (C=O) groups excluding carboxylic acids is 1. The molecule has 1 aliphatic carbocycles. The Balaban J connectivity index is 1.06. The number of aromatic amines is 1. The Bertz CT molecular complexity index is 1700. The highest BCUT2D eigenvalue weighted by Gasteiger charge is 2.46. The highest BCUT2D eigenvalue weighted by atomic mass is 19.1. The summed E-state index contributed by atoms with van der Waals surface area (Å²) < 4.78 is 14.6. The highest BCUT2D eigenvalue weighted by molar-refractivity contribution is 6.03. The lowest BCUT2D eigenvalue weighted by Crippen LogP contribution is -2.45. The Morgan fingerprint density at radius 3 is 2.73 bits per heavy atom. The van der Waals surface area contributed by atoms with Gasteiger partial charge in [-0.25, -0.2) is 14.4 Å². The molecule has 0 saturated carbocycles. The summed E-state index contributed by atoms with van der Waals surface area (Å²) in [7, 11) is 0. The molecule has 10 nitrogen and oxygen atoms in total. The van der Waals surface area contributed by atoms with Gasteiger partial charge in [-0.2, -0.15) is 5.10 Å². The molecule has 0 bridgehead atoms. The van der Waals surface area contributed by atoms with Gasteiger partial charge in [-0.3, -0.25) is 9.89 Å². The van der Waals surface area contributed by atoms with E-state index in [-0.39, 0.29) is 28.9 Å². The van der Waals surface area contributed by atoms with Crippen LogP contribution in [0.3, 0.4) is 0 Å². The number of fused-ring (bicyclic) bond motifs is 2. The van der Waals surface area contributed by atoms with E-state index in [2.05, 4.69) is 15.1 Å². The van der Waals surface area contributed by atoms with Crippen molar-refractivity contribution in [3.8, 4) is 5.75 Å². The SMILES string of the molecule is N[C@@H]1c2cc(O)ccc2CC12CCN(c1cnc3c(N4CCN5C(=O)CCc6cc(F)cc4c65)n[nH]c3n1)CC2. The average molecular weight is 541 g/mol. The first-order chi connectivity index (χ1) is 19.4. The summed E-state index contributed by atoms with van der Waals surface area (Å²) in [6, 6.07) is 8.46. The first kappa shape index (κ1) is 23.6. The maximum absolute atomic E-state index is 14.6. The van der Waals surface area contributed by atoms with Crippen molar-refractivity contribution in [2.75, 3.05) is 40.9 Å². The third kappa shape index (κ3) is 3.36. The fraction of sp³-hybridized carbons (Fsp3) is 0.379. The summed E-state index contributed by atoms with van der Waals surface area (Å²) in [4.78, 5) is 28.1. The minimum atomic E-state index is -0.326. The van der Waals surface area contributed by atoms with Crippen LogP contribution in [0.2, 0.25) is 0 Å². The molecular weight excluding hydrogens is 511 g/mol. The van der Waals surface area contributed by atoms with Gasteiger partial charge in [-0.05, 0) is 72.1 Å². The van der Waals surface area contributed by atoms with Gasteiger partial charge in [0, 0.05) is 38.6 Å². The summed E-state index contributed by atoms with van der Waals surface area (Å²) in [5, 5.41) is 17.5. The van der Waals surface area contributed by atoms with Gasteiger partial charge in [0.1, 0.15) is 17.4 Å². The zero-order chi connectivity index (χ0) is 27.2. The fourth-order valence-corrected chi connectivity index (χ4v) is 7.27. The third-order valence-corrected chi connectivity index (χ3v) is 9.40. The standard InChI is InChI=1S/C29H29FN8O2/c30-18-11-16-2-4-23(40)38-10-9-37(21(12-18)25(16)38)28-24-27(34-35-28)33-22(15-32-24)36-7-5-29(6-8-36)14-17-1-3-19(39)13-20(17)26(29)31/h1,3,11-13,15,26,39H,2,4-10,14,31H2,(H,33,34,35)/t26-/m1/s1. The molecule has 0 unspecified atom stereocenters. The van der Waals surface area contributed by atoms with E-state index in [1.807, 2.05) is 17.0 Å². The van der Waals surface area contributed by atoms with Gasteiger partial charge in [-0.15, -0.1) is 0 Å². The van der Waals surface area contributed by atoms with Crippen LogP contribution in [0.4, 0.5) is 27.4 Å². The molecule has 40 heavy (non-hydrogen) atoms. The zero-order valence-corrected chi connectivity index (χ0v) is 21.9. The second-order valence-corrected chi connectivity index (χ2v) is 11.5. The molecule has 2 aromatic heterocycles. The predicted octanol–water partition coefficient (Wildman–Crippen LogP) is 3.47. The largest absolute Gasteiger partial charge is 0.508 e. The Morgan fingerprint density at radius 2 is 1.88 bits per heavy atom. The second kappa shape index (κ2) is 8.37. The molecule has 0 radical (unpaired) electrons. The van der Waals surface area contributed by atoms with E-state index >= 15 is 0 Å². The number of aryl methyl sites for hydroxylation is 1. The van der Waals surface area contributed by atoms with Crippen molar-refractivity contribution in [2.45, 2.75) is 38.1 Å². The Kier molecular flexibility index (Phi) is 4.95. The summed E-state index contributed by atoms with van der Waals surface area (Å²) in [5.41, 5.74) is 12.4. The van der Waals surface area contributed by atoms with Crippen LogP contribution in [0.5, 0.6) is 5.75 Å². The number of hydrogen-bond acceptors (Lipinski definition) is 8. The molecule has 1 spiro atoms. The minimum absolute atomic E-state index is 0.0149. The van der Waals surface area contributed by atoms with Crippen LogP contribution in [0, 0.1) is 11.2 Å². The van der Waals surface area contributed by atoms with Crippen LogP contribution >= 0.6 is 0 Å². The van der Waals surface area contributed by atoms with E-state index in [4.69, 9.17) is 15.7 Å². The molecule has 1 fully saturated rings. The highest BCUT2D eigenvalue weighted by Crippen LogP contribution is 2.51. The van der Waals surface area contributed by atoms with E-state index in [1.165, 1.54) is 17.7 Å². The van der Waals surface area contributed by atoms with Crippen LogP contribution in [0.25, 0.3) is 11.2 Å². The van der Waals surface area contributed by atoms with Crippen molar-refractivity contribution in [1.82, 2.24) is 20.2 Å². The van der Waals surface area contributed by atoms with Gasteiger partial charge < -0.3 is 25.5 Å². The summed E-state index contributed by atoms with van der Waals surface area (Å²) in [6.07, 6.45) is 5.48.